The molecule has 1 amide bonds. The van der Waals surface area contributed by atoms with Crippen LogP contribution in [0.4, 0.5) is 17.1 Å². The molecule has 132 valence electrons. The van der Waals surface area contributed by atoms with Gasteiger partial charge in [0, 0.05) is 0 Å². The van der Waals surface area contributed by atoms with Crippen LogP contribution in [0.1, 0.15) is 16.1 Å². The van der Waals surface area contributed by atoms with E-state index in [-0.39, 0.29) is 5.91 Å². The average Bonchev–Trinajstić information content (AvgIpc) is 2.64. The third-order valence-corrected chi connectivity index (χ3v) is 4.08. The van der Waals surface area contributed by atoms with Crippen LogP contribution < -0.4 is 15.4 Å². The second kappa shape index (κ2) is 7.89. The van der Waals surface area contributed by atoms with Crippen LogP contribution in [0.5, 0.6) is 5.75 Å². The Labute approximate surface area is 157 Å². The van der Waals surface area contributed by atoms with E-state index in [1.54, 1.807) is 49.7 Å². The number of rotatable bonds is 5. The normalized spacial score (nSPS) is 10.3. The van der Waals surface area contributed by atoms with Crippen molar-refractivity contribution in [1.29, 1.82) is 0 Å². The lowest BCUT2D eigenvalue weighted by atomic mass is 10.2. The summed E-state index contributed by atoms with van der Waals surface area (Å²) in [7, 11) is 1.62. The molecule has 0 fully saturated rings. The molecule has 0 aliphatic heterocycles. The van der Waals surface area contributed by atoms with Crippen molar-refractivity contribution < 1.29 is 9.53 Å². The van der Waals surface area contributed by atoms with E-state index < -0.39 is 0 Å². The Bertz CT molecular complexity index is 927. The molecule has 0 atom stereocenters. The number of nitrogens with zero attached hydrogens (tertiary/aromatic N) is 1. The number of methoxy groups -OCH3 is 1. The van der Waals surface area contributed by atoms with Gasteiger partial charge in [-0.3, -0.25) is 4.79 Å². The summed E-state index contributed by atoms with van der Waals surface area (Å²) in [6.45, 7) is 2.00. The fourth-order valence-corrected chi connectivity index (χ4v) is 2.61. The summed E-state index contributed by atoms with van der Waals surface area (Å²) in [5, 5.41) is 6.47. The predicted octanol–water partition coefficient (Wildman–Crippen LogP) is 5.05. The van der Waals surface area contributed by atoms with Gasteiger partial charge in [-0.1, -0.05) is 29.8 Å². The van der Waals surface area contributed by atoms with Gasteiger partial charge in [0.1, 0.15) is 11.4 Å². The number of carbonyl (C=O) groups excluding carboxylic acids is 1. The zero-order chi connectivity index (χ0) is 18.5. The van der Waals surface area contributed by atoms with Crippen LogP contribution in [0.3, 0.4) is 0 Å². The molecule has 0 radical (unpaired) electrons. The van der Waals surface area contributed by atoms with Crippen LogP contribution in [0.2, 0.25) is 5.02 Å². The highest BCUT2D eigenvalue weighted by Crippen LogP contribution is 2.28. The molecule has 0 saturated heterocycles. The average molecular weight is 368 g/mol. The van der Waals surface area contributed by atoms with Crippen molar-refractivity contribution in [3.8, 4) is 5.75 Å². The van der Waals surface area contributed by atoms with Crippen molar-refractivity contribution in [3.63, 3.8) is 0 Å². The van der Waals surface area contributed by atoms with Gasteiger partial charge in [0.05, 0.1) is 35.4 Å². The van der Waals surface area contributed by atoms with E-state index in [4.69, 9.17) is 16.3 Å². The number of para-hydroxylation sites is 1. The fraction of sp³-hybridized carbons (Fsp3) is 0.100. The summed E-state index contributed by atoms with van der Waals surface area (Å²) < 4.78 is 5.35. The number of pyridine rings is 1. The lowest BCUT2D eigenvalue weighted by Crippen LogP contribution is -2.13. The minimum Gasteiger partial charge on any atom is -0.495 e. The number of benzene rings is 2. The molecule has 6 heteroatoms. The molecule has 3 aromatic rings. The van der Waals surface area contributed by atoms with Crippen LogP contribution in [0, 0.1) is 6.92 Å². The Hall–Kier alpha value is -3.05. The minimum atomic E-state index is -0.321. The van der Waals surface area contributed by atoms with Crippen molar-refractivity contribution in [3.05, 3.63) is 77.1 Å². The number of halogens is 1. The lowest BCUT2D eigenvalue weighted by molar-refractivity contribution is 0.102. The first-order chi connectivity index (χ1) is 12.6. The Morgan fingerprint density at radius 3 is 2.58 bits per heavy atom. The predicted molar refractivity (Wildman–Crippen MR) is 105 cm³/mol. The van der Waals surface area contributed by atoms with E-state index in [1.807, 2.05) is 25.1 Å². The van der Waals surface area contributed by atoms with Gasteiger partial charge >= 0.3 is 0 Å². The molecule has 26 heavy (non-hydrogen) atoms. The van der Waals surface area contributed by atoms with Crippen molar-refractivity contribution in [2.24, 2.45) is 0 Å². The van der Waals surface area contributed by atoms with Gasteiger partial charge in [-0.2, -0.15) is 0 Å². The number of carbonyl (C=O) groups is 1. The molecule has 1 heterocycles. The lowest BCUT2D eigenvalue weighted by Gasteiger charge is -2.12. The highest BCUT2D eigenvalue weighted by atomic mass is 35.5. The molecule has 2 aromatic carbocycles. The Morgan fingerprint density at radius 1 is 1.08 bits per heavy atom. The smallest absolute Gasteiger partial charge is 0.274 e. The zero-order valence-corrected chi connectivity index (χ0v) is 15.2. The Balaban J connectivity index is 1.73. The molecular formula is C20H18ClN3O2. The van der Waals surface area contributed by atoms with Crippen molar-refractivity contribution in [2.45, 2.75) is 6.92 Å². The molecule has 3 rings (SSSR count). The third-order valence-electron chi connectivity index (χ3n) is 3.75. The molecule has 0 saturated carbocycles. The number of aryl methyl sites for hydroxylation is 1. The Kier molecular flexibility index (Phi) is 5.39. The van der Waals surface area contributed by atoms with Gasteiger partial charge in [0.2, 0.25) is 0 Å². The summed E-state index contributed by atoms with van der Waals surface area (Å²) in [5.41, 5.74) is 3.54. The van der Waals surface area contributed by atoms with Gasteiger partial charge in [-0.15, -0.1) is 0 Å². The summed E-state index contributed by atoms with van der Waals surface area (Å²) >= 11 is 6.06. The molecule has 0 aliphatic rings. The van der Waals surface area contributed by atoms with Gasteiger partial charge in [-0.25, -0.2) is 4.98 Å². The quantitative estimate of drug-likeness (QED) is 0.662. The maximum atomic E-state index is 12.3. The molecule has 0 spiro atoms. The van der Waals surface area contributed by atoms with Crippen LogP contribution in [-0.2, 0) is 0 Å². The molecule has 0 aliphatic carbocycles. The second-order valence-electron chi connectivity index (χ2n) is 5.69. The SMILES string of the molecule is COc1ccc(C)cc1Nc1ccc(C(=O)Nc2ccccc2Cl)nc1. The van der Waals surface area contributed by atoms with Gasteiger partial charge in [0.15, 0.2) is 0 Å². The van der Waals surface area contributed by atoms with Crippen LogP contribution >= 0.6 is 11.6 Å². The van der Waals surface area contributed by atoms with Crippen molar-refractivity contribution in [2.75, 3.05) is 17.7 Å². The van der Waals surface area contributed by atoms with E-state index in [9.17, 15) is 4.79 Å². The fourth-order valence-electron chi connectivity index (χ4n) is 2.43. The molecule has 5 nitrogen and oxygen atoms in total. The van der Waals surface area contributed by atoms with Crippen LogP contribution in [0.15, 0.2) is 60.8 Å². The summed E-state index contributed by atoms with van der Waals surface area (Å²) in [6.07, 6.45) is 1.60. The second-order valence-corrected chi connectivity index (χ2v) is 6.10. The van der Waals surface area contributed by atoms with Crippen molar-refractivity contribution in [1.82, 2.24) is 4.98 Å². The standard InChI is InChI=1S/C20H18ClN3O2/c1-13-7-10-19(26-2)18(11-13)23-14-8-9-17(22-12-14)20(25)24-16-6-4-3-5-15(16)21/h3-12,23H,1-2H3,(H,24,25). The zero-order valence-electron chi connectivity index (χ0n) is 14.4. The first-order valence-corrected chi connectivity index (χ1v) is 8.38. The van der Waals surface area contributed by atoms with Gasteiger partial charge in [0.25, 0.3) is 5.91 Å². The number of anilines is 3. The van der Waals surface area contributed by atoms with Crippen molar-refractivity contribution >= 4 is 34.6 Å². The number of hydrogen-bond acceptors (Lipinski definition) is 4. The van der Waals surface area contributed by atoms with Gasteiger partial charge < -0.3 is 15.4 Å². The summed E-state index contributed by atoms with van der Waals surface area (Å²) in [6, 6.07) is 16.4. The first-order valence-electron chi connectivity index (χ1n) is 8.00. The number of aromatic nitrogens is 1. The van der Waals surface area contributed by atoms with E-state index in [1.165, 1.54) is 0 Å². The van der Waals surface area contributed by atoms with Crippen LogP contribution in [-0.4, -0.2) is 18.0 Å². The summed E-state index contributed by atoms with van der Waals surface area (Å²) in [4.78, 5) is 16.5. The maximum Gasteiger partial charge on any atom is 0.274 e. The molecule has 1 aromatic heterocycles. The van der Waals surface area contributed by atoms with E-state index in [0.29, 0.717) is 16.4 Å². The maximum absolute atomic E-state index is 12.3. The topological polar surface area (TPSA) is 63.2 Å². The number of ether oxygens (including phenoxy) is 1. The molecule has 2 N–H and O–H groups in total. The van der Waals surface area contributed by atoms with E-state index in [0.717, 1.165) is 22.7 Å². The van der Waals surface area contributed by atoms with Crippen LogP contribution in [0.25, 0.3) is 0 Å². The number of nitrogens with one attached hydrogen (secondary N) is 2. The van der Waals surface area contributed by atoms with E-state index in [2.05, 4.69) is 15.6 Å². The minimum absolute atomic E-state index is 0.298. The summed E-state index contributed by atoms with van der Waals surface area (Å²) in [5.74, 6) is 0.411. The third kappa shape index (κ3) is 4.13. The molecule has 0 bridgehead atoms. The highest BCUT2D eigenvalue weighted by Gasteiger charge is 2.10. The van der Waals surface area contributed by atoms with E-state index >= 15 is 0 Å². The number of hydrogen-bond donors (Lipinski definition) is 2. The highest BCUT2D eigenvalue weighted by molar-refractivity contribution is 6.33. The first kappa shape index (κ1) is 17.8. The van der Waals surface area contributed by atoms with Gasteiger partial charge in [-0.05, 0) is 48.9 Å². The largest absolute Gasteiger partial charge is 0.495 e. The Morgan fingerprint density at radius 2 is 1.88 bits per heavy atom. The molecule has 0 unspecified atom stereocenters. The number of amides is 1. The monoisotopic (exact) mass is 367 g/mol. The molecular weight excluding hydrogens is 350 g/mol.